The van der Waals surface area contributed by atoms with E-state index in [-0.39, 0.29) is 6.10 Å². The maximum atomic E-state index is 9.62. The third-order valence-corrected chi connectivity index (χ3v) is 2.63. The largest absolute Gasteiger partial charge is 0.393 e. The highest BCUT2D eigenvalue weighted by Gasteiger charge is 2.28. The summed E-state index contributed by atoms with van der Waals surface area (Å²) in [4.78, 5) is 0. The minimum atomic E-state index is -0.622. The van der Waals surface area contributed by atoms with E-state index >= 15 is 0 Å². The molecule has 1 saturated carbocycles. The predicted molar refractivity (Wildman–Crippen MR) is 48.9 cm³/mol. The summed E-state index contributed by atoms with van der Waals surface area (Å²) in [5.74, 6) is 0.318. The molecule has 2 N–H and O–H groups in total. The highest BCUT2D eigenvalue weighted by molar-refractivity contribution is 4.80. The highest BCUT2D eigenvalue weighted by atomic mass is 16.3. The summed E-state index contributed by atoms with van der Waals surface area (Å²) in [7, 11) is 0. The fraction of sp³-hybridized carbons (Fsp3) is 1.00. The number of aliphatic hydroxyl groups is 2. The van der Waals surface area contributed by atoms with E-state index in [1.54, 1.807) is 0 Å². The zero-order chi connectivity index (χ0) is 9.19. The summed E-state index contributed by atoms with van der Waals surface area (Å²) in [5, 5.41) is 19.2. The molecule has 2 atom stereocenters. The van der Waals surface area contributed by atoms with Crippen LogP contribution < -0.4 is 0 Å². The molecular formula is C10H20O2. The van der Waals surface area contributed by atoms with Crippen molar-refractivity contribution in [3.8, 4) is 0 Å². The van der Waals surface area contributed by atoms with E-state index in [1.165, 1.54) is 6.42 Å². The second-order valence-corrected chi connectivity index (χ2v) is 4.63. The molecule has 0 aromatic carbocycles. The molecule has 1 aliphatic rings. The Kier molecular flexibility index (Phi) is 3.13. The molecule has 0 amide bonds. The quantitative estimate of drug-likeness (QED) is 0.665. The van der Waals surface area contributed by atoms with E-state index in [0.717, 1.165) is 25.7 Å². The average molecular weight is 172 g/mol. The van der Waals surface area contributed by atoms with Crippen LogP contribution in [0.3, 0.4) is 0 Å². The molecule has 0 heterocycles. The van der Waals surface area contributed by atoms with Crippen molar-refractivity contribution < 1.29 is 10.2 Å². The van der Waals surface area contributed by atoms with Gasteiger partial charge in [0, 0.05) is 0 Å². The van der Waals surface area contributed by atoms with Gasteiger partial charge in [0.25, 0.3) is 0 Å². The van der Waals surface area contributed by atoms with Crippen molar-refractivity contribution in [1.29, 1.82) is 0 Å². The van der Waals surface area contributed by atoms with Crippen molar-refractivity contribution in [3.05, 3.63) is 0 Å². The molecule has 0 aromatic heterocycles. The van der Waals surface area contributed by atoms with Crippen LogP contribution in [0.25, 0.3) is 0 Å². The van der Waals surface area contributed by atoms with Gasteiger partial charge in [0.05, 0.1) is 11.7 Å². The van der Waals surface area contributed by atoms with Gasteiger partial charge in [-0.1, -0.05) is 12.8 Å². The normalized spacial score (nSPS) is 32.0. The van der Waals surface area contributed by atoms with Gasteiger partial charge in [0.2, 0.25) is 0 Å². The molecule has 1 fully saturated rings. The van der Waals surface area contributed by atoms with Crippen LogP contribution in [-0.4, -0.2) is 21.9 Å². The van der Waals surface area contributed by atoms with Crippen molar-refractivity contribution in [3.63, 3.8) is 0 Å². The van der Waals surface area contributed by atoms with Gasteiger partial charge in [0.1, 0.15) is 0 Å². The van der Waals surface area contributed by atoms with Crippen LogP contribution in [0.2, 0.25) is 0 Å². The van der Waals surface area contributed by atoms with Crippen LogP contribution in [0.4, 0.5) is 0 Å². The summed E-state index contributed by atoms with van der Waals surface area (Å²) in [6, 6.07) is 0. The third-order valence-electron chi connectivity index (χ3n) is 2.63. The monoisotopic (exact) mass is 172 g/mol. The van der Waals surface area contributed by atoms with E-state index in [2.05, 4.69) is 0 Å². The van der Waals surface area contributed by atoms with Gasteiger partial charge in [-0.25, -0.2) is 0 Å². The van der Waals surface area contributed by atoms with Gasteiger partial charge in [-0.2, -0.15) is 0 Å². The summed E-state index contributed by atoms with van der Waals surface area (Å²) in [6.07, 6.45) is 4.90. The second kappa shape index (κ2) is 3.75. The first-order valence-electron chi connectivity index (χ1n) is 4.89. The number of hydrogen-bond acceptors (Lipinski definition) is 2. The first-order valence-corrected chi connectivity index (χ1v) is 4.89. The molecule has 12 heavy (non-hydrogen) atoms. The SMILES string of the molecule is CC(C)(O)C[C@H]1CCCC[C@@H]1O. The van der Waals surface area contributed by atoms with Crippen LogP contribution in [0.5, 0.6) is 0 Å². The maximum Gasteiger partial charge on any atom is 0.0595 e. The van der Waals surface area contributed by atoms with Crippen LogP contribution in [-0.2, 0) is 0 Å². The number of hydrogen-bond donors (Lipinski definition) is 2. The molecule has 0 spiro atoms. The fourth-order valence-corrected chi connectivity index (χ4v) is 2.07. The van der Waals surface area contributed by atoms with Gasteiger partial charge >= 0.3 is 0 Å². The van der Waals surface area contributed by atoms with Crippen molar-refractivity contribution in [2.75, 3.05) is 0 Å². The van der Waals surface area contributed by atoms with Gasteiger partial charge < -0.3 is 10.2 Å². The molecule has 0 bridgehead atoms. The van der Waals surface area contributed by atoms with Crippen LogP contribution in [0, 0.1) is 5.92 Å². The van der Waals surface area contributed by atoms with Crippen molar-refractivity contribution >= 4 is 0 Å². The minimum Gasteiger partial charge on any atom is -0.393 e. The second-order valence-electron chi connectivity index (χ2n) is 4.63. The highest BCUT2D eigenvalue weighted by Crippen LogP contribution is 2.30. The molecule has 0 saturated heterocycles. The van der Waals surface area contributed by atoms with E-state index < -0.39 is 5.60 Å². The van der Waals surface area contributed by atoms with Crippen molar-refractivity contribution in [1.82, 2.24) is 0 Å². The number of aliphatic hydroxyl groups excluding tert-OH is 1. The van der Waals surface area contributed by atoms with Crippen LogP contribution in [0.1, 0.15) is 46.0 Å². The molecule has 1 rings (SSSR count). The lowest BCUT2D eigenvalue weighted by atomic mass is 9.80. The van der Waals surface area contributed by atoms with Crippen LogP contribution in [0.15, 0.2) is 0 Å². The summed E-state index contributed by atoms with van der Waals surface area (Å²) in [5.41, 5.74) is -0.622. The number of rotatable bonds is 2. The molecule has 0 radical (unpaired) electrons. The molecule has 0 unspecified atom stereocenters. The van der Waals surface area contributed by atoms with E-state index in [9.17, 15) is 10.2 Å². The predicted octanol–water partition coefficient (Wildman–Crippen LogP) is 1.70. The summed E-state index contributed by atoms with van der Waals surface area (Å²) >= 11 is 0. The Hall–Kier alpha value is -0.0800. The first-order chi connectivity index (χ1) is 5.49. The molecule has 2 nitrogen and oxygen atoms in total. The Morgan fingerprint density at radius 2 is 1.83 bits per heavy atom. The zero-order valence-electron chi connectivity index (χ0n) is 8.08. The molecular weight excluding hydrogens is 152 g/mol. The lowest BCUT2D eigenvalue weighted by Gasteiger charge is -2.31. The Balaban J connectivity index is 2.39. The smallest absolute Gasteiger partial charge is 0.0595 e. The Bertz CT molecular complexity index is 137. The first kappa shape index (κ1) is 10.0. The van der Waals surface area contributed by atoms with Crippen molar-refractivity contribution in [2.24, 2.45) is 5.92 Å². The zero-order valence-corrected chi connectivity index (χ0v) is 8.08. The lowest BCUT2D eigenvalue weighted by Crippen LogP contribution is -2.32. The fourth-order valence-electron chi connectivity index (χ4n) is 2.07. The Morgan fingerprint density at radius 3 is 2.33 bits per heavy atom. The standard InChI is InChI=1S/C10H20O2/c1-10(2,12)7-8-5-3-4-6-9(8)11/h8-9,11-12H,3-7H2,1-2H3/t8-,9+/m1/s1. The molecule has 2 heteroatoms. The molecule has 0 aliphatic heterocycles. The lowest BCUT2D eigenvalue weighted by molar-refractivity contribution is -0.00321. The van der Waals surface area contributed by atoms with E-state index in [0.29, 0.717) is 5.92 Å². The summed E-state index contributed by atoms with van der Waals surface area (Å²) in [6.45, 7) is 3.63. The van der Waals surface area contributed by atoms with Gasteiger partial charge in [-0.15, -0.1) is 0 Å². The third kappa shape index (κ3) is 3.11. The van der Waals surface area contributed by atoms with E-state index in [1.807, 2.05) is 13.8 Å². The van der Waals surface area contributed by atoms with E-state index in [4.69, 9.17) is 0 Å². The average Bonchev–Trinajstić information content (AvgIpc) is 1.91. The Labute approximate surface area is 74.6 Å². The van der Waals surface area contributed by atoms with Crippen molar-refractivity contribution in [2.45, 2.75) is 57.7 Å². The van der Waals surface area contributed by atoms with Crippen LogP contribution >= 0.6 is 0 Å². The van der Waals surface area contributed by atoms with Gasteiger partial charge in [0.15, 0.2) is 0 Å². The maximum absolute atomic E-state index is 9.62. The molecule has 1 aliphatic carbocycles. The molecule has 0 aromatic rings. The van der Waals surface area contributed by atoms with Gasteiger partial charge in [-0.05, 0) is 39.0 Å². The summed E-state index contributed by atoms with van der Waals surface area (Å²) < 4.78 is 0. The Morgan fingerprint density at radius 1 is 1.25 bits per heavy atom. The molecule has 72 valence electrons. The topological polar surface area (TPSA) is 40.5 Å². The van der Waals surface area contributed by atoms with Gasteiger partial charge in [-0.3, -0.25) is 0 Å². The minimum absolute atomic E-state index is 0.176.